The summed E-state index contributed by atoms with van der Waals surface area (Å²) in [4.78, 5) is 51.0. The lowest BCUT2D eigenvalue weighted by atomic mass is 9.93. The molecular formula is C46H54F3N9O6. The normalized spacial score (nSPS) is 20.1. The van der Waals surface area contributed by atoms with E-state index in [-0.39, 0.29) is 55.7 Å². The van der Waals surface area contributed by atoms with Gasteiger partial charge < -0.3 is 24.5 Å². The summed E-state index contributed by atoms with van der Waals surface area (Å²) in [5.74, 6) is 5.45. The van der Waals surface area contributed by atoms with Gasteiger partial charge in [0.15, 0.2) is 0 Å². The van der Waals surface area contributed by atoms with E-state index in [1.807, 2.05) is 6.07 Å². The number of amides is 2. The lowest BCUT2D eigenvalue weighted by Gasteiger charge is -2.34. The summed E-state index contributed by atoms with van der Waals surface area (Å²) in [5.41, 5.74) is 5.51. The molecule has 2 aromatic carbocycles. The van der Waals surface area contributed by atoms with Crippen LogP contribution in [0.1, 0.15) is 68.2 Å². The number of carbonyl (C=O) groups excluding carboxylic acids is 2. The molecule has 8 rings (SSSR count). The number of hydrogen-bond donors (Lipinski definition) is 3. The van der Waals surface area contributed by atoms with Crippen LogP contribution in [0.3, 0.4) is 0 Å². The predicted molar refractivity (Wildman–Crippen MR) is 234 cm³/mol. The molecule has 0 unspecified atom stereocenters. The molecule has 1 saturated carbocycles. The number of nitrogens with one attached hydrogen (secondary N) is 2. The number of rotatable bonds is 15. The molecule has 340 valence electrons. The van der Waals surface area contributed by atoms with Gasteiger partial charge in [-0.3, -0.25) is 33.8 Å². The number of hydrogen-bond acceptors (Lipinski definition) is 11. The van der Waals surface area contributed by atoms with Gasteiger partial charge in [0, 0.05) is 94.2 Å². The highest BCUT2D eigenvalue weighted by Gasteiger charge is 2.32. The van der Waals surface area contributed by atoms with Crippen LogP contribution in [-0.2, 0) is 32.7 Å². The van der Waals surface area contributed by atoms with Gasteiger partial charge >= 0.3 is 11.9 Å². The van der Waals surface area contributed by atoms with Crippen LogP contribution in [0.15, 0.2) is 59.7 Å². The number of imidazole rings is 1. The first kappa shape index (κ1) is 45.0. The number of carbonyl (C=O) groups is 2. The number of aliphatic hydroxyl groups is 1. The molecular weight excluding hydrogens is 832 g/mol. The van der Waals surface area contributed by atoms with Crippen molar-refractivity contribution in [2.45, 2.75) is 75.9 Å². The maximum Gasteiger partial charge on any atom is 0.390 e. The van der Waals surface area contributed by atoms with Crippen LogP contribution < -0.4 is 16.3 Å². The number of aliphatic hydroxyl groups excluding tert-OH is 1. The van der Waals surface area contributed by atoms with Crippen LogP contribution in [0, 0.1) is 11.8 Å². The molecule has 0 bridgehead atoms. The summed E-state index contributed by atoms with van der Waals surface area (Å²) in [5, 5.41) is 16.0. The maximum atomic E-state index is 13.0. The third kappa shape index (κ3) is 10.8. The first-order valence-electron chi connectivity index (χ1n) is 22.0. The van der Waals surface area contributed by atoms with E-state index in [0.717, 1.165) is 68.6 Å². The fourth-order valence-electron chi connectivity index (χ4n) is 8.84. The number of piperidine rings is 1. The van der Waals surface area contributed by atoms with Gasteiger partial charge in [0.05, 0.1) is 43.4 Å². The second-order valence-corrected chi connectivity index (χ2v) is 16.8. The van der Waals surface area contributed by atoms with Gasteiger partial charge in [0.25, 0.3) is 0 Å². The topological polar surface area (TPSA) is 161 Å². The van der Waals surface area contributed by atoms with Gasteiger partial charge in [-0.2, -0.15) is 18.2 Å². The van der Waals surface area contributed by atoms with Crippen molar-refractivity contribution in [3.8, 4) is 23.0 Å². The third-order valence-corrected chi connectivity index (χ3v) is 12.4. The lowest BCUT2D eigenvalue weighted by Crippen LogP contribution is -2.46. The number of anilines is 1. The van der Waals surface area contributed by atoms with E-state index in [0.29, 0.717) is 54.9 Å². The summed E-state index contributed by atoms with van der Waals surface area (Å²) in [6.45, 7) is 6.85. The summed E-state index contributed by atoms with van der Waals surface area (Å²) in [6.07, 6.45) is 1.63. The number of alkyl halides is 3. The highest BCUT2D eigenvalue weighted by atomic mass is 19.4. The van der Waals surface area contributed by atoms with E-state index in [4.69, 9.17) is 9.47 Å². The van der Waals surface area contributed by atoms with Crippen molar-refractivity contribution in [3.63, 3.8) is 0 Å². The number of aryl methyl sites for hydroxylation is 1. The zero-order chi connectivity index (χ0) is 44.8. The number of fused-ring (bicyclic) bond motifs is 2. The smallest absolute Gasteiger partial charge is 0.390 e. The summed E-state index contributed by atoms with van der Waals surface area (Å²) >= 11 is 0. The molecule has 3 N–H and O–H groups in total. The van der Waals surface area contributed by atoms with E-state index < -0.39 is 24.5 Å². The number of aromatic nitrogens is 5. The molecule has 64 heavy (non-hydrogen) atoms. The molecule has 5 heterocycles. The van der Waals surface area contributed by atoms with Crippen molar-refractivity contribution >= 4 is 39.8 Å². The molecule has 1 atom stereocenters. The first-order valence-corrected chi connectivity index (χ1v) is 22.0. The monoisotopic (exact) mass is 885 g/mol. The van der Waals surface area contributed by atoms with Crippen molar-refractivity contribution < 1.29 is 37.3 Å². The van der Waals surface area contributed by atoms with Crippen molar-refractivity contribution in [2.24, 2.45) is 7.05 Å². The second kappa shape index (κ2) is 20.1. The molecule has 18 heteroatoms. The molecule has 3 aliphatic rings. The van der Waals surface area contributed by atoms with Crippen molar-refractivity contribution in [2.75, 3.05) is 71.0 Å². The minimum absolute atomic E-state index is 0.126. The minimum Gasteiger partial charge on any atom is -0.393 e. The largest absolute Gasteiger partial charge is 0.393 e. The highest BCUT2D eigenvalue weighted by Crippen LogP contribution is 2.37. The van der Waals surface area contributed by atoms with Crippen LogP contribution in [0.5, 0.6) is 0 Å². The lowest BCUT2D eigenvalue weighted by molar-refractivity contribution is -0.136. The van der Waals surface area contributed by atoms with Gasteiger partial charge in [-0.25, -0.2) is 9.78 Å². The molecule has 1 aliphatic carbocycles. The fourth-order valence-corrected chi connectivity index (χ4v) is 8.84. The number of ether oxygens (including phenoxy) is 2. The minimum atomic E-state index is -4.27. The van der Waals surface area contributed by atoms with Gasteiger partial charge in [0.1, 0.15) is 18.3 Å². The van der Waals surface area contributed by atoms with E-state index in [1.54, 1.807) is 25.4 Å². The summed E-state index contributed by atoms with van der Waals surface area (Å²) in [6, 6.07) is 13.3. The maximum absolute atomic E-state index is 13.0. The Morgan fingerprint density at radius 3 is 2.42 bits per heavy atom. The van der Waals surface area contributed by atoms with Gasteiger partial charge in [0.2, 0.25) is 17.8 Å². The first-order chi connectivity index (χ1) is 30.9. The molecule has 5 aromatic rings. The number of nitrogens with zero attached hydrogens (tertiary/aromatic N) is 7. The number of piperazine rings is 1. The Kier molecular flexibility index (Phi) is 14.1. The molecule has 3 aromatic heterocycles. The predicted octanol–water partition coefficient (Wildman–Crippen LogP) is 4.77. The Morgan fingerprint density at radius 1 is 0.922 bits per heavy atom. The highest BCUT2D eigenvalue weighted by molar-refractivity contribution is 6.00. The van der Waals surface area contributed by atoms with Crippen LogP contribution in [0.4, 0.5) is 19.1 Å². The molecule has 2 saturated heterocycles. The average molecular weight is 886 g/mol. The van der Waals surface area contributed by atoms with E-state index in [9.17, 15) is 32.7 Å². The molecule has 15 nitrogen and oxygen atoms in total. The molecule has 0 radical (unpaired) electrons. The van der Waals surface area contributed by atoms with Gasteiger partial charge in [-0.05, 0) is 61.4 Å². The number of halogens is 3. The van der Waals surface area contributed by atoms with E-state index in [2.05, 4.69) is 77.3 Å². The van der Waals surface area contributed by atoms with Gasteiger partial charge in [-0.15, -0.1) is 0 Å². The van der Waals surface area contributed by atoms with E-state index in [1.165, 1.54) is 14.7 Å². The zero-order valence-electron chi connectivity index (χ0n) is 35.9. The Morgan fingerprint density at radius 2 is 1.67 bits per heavy atom. The standard InChI is InChI=1S/C46H54F3N9O6/c1-54-40-27-31(6-13-38(40)58(45(54)62)39-14-15-41(60)52-43(39)61)3-2-23-63-25-26-64-24-22-55-18-20-56(21-19-55)29-32-4-7-33(8-5-32)37-30-57(34-9-11-35(59)12-10-34)42-36(37)28-51-44(53-42)50-17-16-46(47,48)49/h4-8,13,27-28,30,34-35,39,59H,9-12,14-26,29H2,1H3,(H,50,51,53)(H,52,60,61)/t34-,35-,39-/m0/s1. The third-order valence-electron chi connectivity index (χ3n) is 12.4. The second-order valence-electron chi connectivity index (χ2n) is 16.8. The fraction of sp³-hybridized carbons (Fsp3) is 0.500. The Labute approximate surface area is 368 Å². The Bertz CT molecular complexity index is 2560. The quantitative estimate of drug-likeness (QED) is 0.0755. The van der Waals surface area contributed by atoms with Crippen LogP contribution in [0.2, 0.25) is 0 Å². The van der Waals surface area contributed by atoms with Crippen LogP contribution in [-0.4, -0.2) is 128 Å². The molecule has 2 amide bonds. The van der Waals surface area contributed by atoms with Crippen molar-refractivity contribution in [3.05, 3.63) is 76.5 Å². The average Bonchev–Trinajstić information content (AvgIpc) is 3.77. The van der Waals surface area contributed by atoms with Crippen LogP contribution in [0.25, 0.3) is 33.2 Å². The SMILES string of the molecule is Cn1c(=O)n([C@H]2CCC(=O)NC2=O)c2ccc(C#CCOCCOCCN3CCN(Cc4ccc(-c5cn([C@H]6CC[C@H](O)CC6)c6nc(NCCC(F)(F)F)ncc56)cc4)CC3)cc21. The van der Waals surface area contributed by atoms with Gasteiger partial charge in [-0.1, -0.05) is 36.1 Å². The van der Waals surface area contributed by atoms with Crippen LogP contribution >= 0.6 is 0 Å². The summed E-state index contributed by atoms with van der Waals surface area (Å²) in [7, 11) is 1.65. The summed E-state index contributed by atoms with van der Waals surface area (Å²) < 4.78 is 54.9. The zero-order valence-corrected chi connectivity index (χ0v) is 35.9. The number of imide groups is 1. The Balaban J connectivity index is 0.754. The molecule has 0 spiro atoms. The molecule has 2 aliphatic heterocycles. The Hall–Kier alpha value is -5.58. The number of benzene rings is 2. The molecule has 3 fully saturated rings. The van der Waals surface area contributed by atoms with E-state index >= 15 is 0 Å². The van der Waals surface area contributed by atoms with Crippen molar-refractivity contribution in [1.29, 1.82) is 0 Å². The van der Waals surface area contributed by atoms with Crippen molar-refractivity contribution in [1.82, 2.24) is 38.8 Å².